The van der Waals surface area contributed by atoms with Gasteiger partial charge in [0.25, 0.3) is 0 Å². The van der Waals surface area contributed by atoms with E-state index >= 15 is 0 Å². The Balaban J connectivity index is 2.10. The Morgan fingerprint density at radius 3 is 2.62 bits per heavy atom. The second kappa shape index (κ2) is 6.83. The van der Waals surface area contributed by atoms with Crippen molar-refractivity contribution in [3.05, 3.63) is 68.3 Å². The molecule has 0 fully saturated rings. The molecule has 0 aliphatic rings. The zero-order valence-electron chi connectivity index (χ0n) is 13.9. The molecule has 0 amide bonds. The van der Waals surface area contributed by atoms with Gasteiger partial charge in [0.1, 0.15) is 17.1 Å². The Labute approximate surface area is 146 Å². The average Bonchev–Trinajstić information content (AvgIpc) is 2.59. The van der Waals surface area contributed by atoms with Gasteiger partial charge in [0, 0.05) is 29.7 Å². The van der Waals surface area contributed by atoms with Crippen molar-refractivity contribution < 1.29 is 23.2 Å². The number of halogens is 1. The molecule has 0 saturated heterocycles. The highest BCUT2D eigenvalue weighted by Crippen LogP contribution is 2.38. The first-order valence-corrected chi connectivity index (χ1v) is 7.69. The molecule has 2 aromatic carbocycles. The quantitative estimate of drug-likeness (QED) is 0.385. The van der Waals surface area contributed by atoms with Gasteiger partial charge < -0.3 is 13.9 Å². The van der Waals surface area contributed by atoms with Crippen LogP contribution in [0, 0.1) is 15.9 Å². The molecule has 3 rings (SSSR count). The molecule has 8 heteroatoms. The van der Waals surface area contributed by atoms with Gasteiger partial charge in [-0.3, -0.25) is 10.1 Å². The summed E-state index contributed by atoms with van der Waals surface area (Å²) in [5.41, 5.74) is -0.237. The summed E-state index contributed by atoms with van der Waals surface area (Å²) in [5, 5.41) is 11.9. The maximum atomic E-state index is 14.0. The van der Waals surface area contributed by atoms with Crippen LogP contribution in [0.1, 0.15) is 12.5 Å². The van der Waals surface area contributed by atoms with Gasteiger partial charge in [0.05, 0.1) is 12.0 Å². The highest BCUT2D eigenvalue weighted by atomic mass is 19.1. The van der Waals surface area contributed by atoms with Crippen molar-refractivity contribution >= 4 is 16.7 Å². The fourth-order valence-corrected chi connectivity index (χ4v) is 2.62. The molecule has 0 N–H and O–H groups in total. The minimum Gasteiger partial charge on any atom is -0.497 e. The van der Waals surface area contributed by atoms with Crippen molar-refractivity contribution in [1.29, 1.82) is 0 Å². The minimum atomic E-state index is -1.08. The smallest absolute Gasteiger partial charge is 0.347 e. The summed E-state index contributed by atoms with van der Waals surface area (Å²) in [5.74, 6) is -1.17. The van der Waals surface area contributed by atoms with E-state index in [0.717, 1.165) is 17.0 Å². The van der Waals surface area contributed by atoms with Gasteiger partial charge in [-0.15, -0.1) is 0 Å². The standard InChI is InChI=1S/C18H14FNO6/c1-3-10-6-17(21)26-15-8-11(4-5-13(10)15)25-16-9-12(24-2)7-14(19)18(16)20(22)23/h4-9H,3H2,1-2H3. The maximum absolute atomic E-state index is 14.0. The van der Waals surface area contributed by atoms with Crippen LogP contribution in [0.4, 0.5) is 10.1 Å². The van der Waals surface area contributed by atoms with Crippen molar-refractivity contribution in [2.45, 2.75) is 13.3 Å². The van der Waals surface area contributed by atoms with E-state index in [9.17, 15) is 19.3 Å². The van der Waals surface area contributed by atoms with Crippen molar-refractivity contribution in [2.24, 2.45) is 0 Å². The second-order valence-corrected chi connectivity index (χ2v) is 5.42. The first kappa shape index (κ1) is 17.4. The van der Waals surface area contributed by atoms with E-state index < -0.39 is 22.1 Å². The lowest BCUT2D eigenvalue weighted by Gasteiger charge is -2.10. The largest absolute Gasteiger partial charge is 0.497 e. The van der Waals surface area contributed by atoms with Gasteiger partial charge in [-0.2, -0.15) is 4.39 Å². The zero-order valence-corrected chi connectivity index (χ0v) is 13.9. The predicted molar refractivity (Wildman–Crippen MR) is 91.5 cm³/mol. The average molecular weight is 359 g/mol. The normalized spacial score (nSPS) is 10.7. The molecule has 0 radical (unpaired) electrons. The van der Waals surface area contributed by atoms with Crippen molar-refractivity contribution in [3.63, 3.8) is 0 Å². The van der Waals surface area contributed by atoms with E-state index in [4.69, 9.17) is 13.9 Å². The summed E-state index contributed by atoms with van der Waals surface area (Å²) < 4.78 is 29.6. The fourth-order valence-electron chi connectivity index (χ4n) is 2.62. The molecule has 134 valence electrons. The summed E-state index contributed by atoms with van der Waals surface area (Å²) in [6.07, 6.45) is 0.634. The molecule has 0 atom stereocenters. The number of hydrogen-bond donors (Lipinski definition) is 0. The van der Waals surface area contributed by atoms with Gasteiger partial charge in [-0.25, -0.2) is 4.79 Å². The molecule has 0 bridgehead atoms. The van der Waals surface area contributed by atoms with Crippen LogP contribution in [0.3, 0.4) is 0 Å². The van der Waals surface area contributed by atoms with Gasteiger partial charge in [0.2, 0.25) is 11.6 Å². The monoisotopic (exact) mass is 359 g/mol. The summed E-state index contributed by atoms with van der Waals surface area (Å²) in [7, 11) is 1.31. The number of hydrogen-bond acceptors (Lipinski definition) is 6. The van der Waals surface area contributed by atoms with Crippen molar-refractivity contribution in [3.8, 4) is 17.2 Å². The van der Waals surface area contributed by atoms with Crippen molar-refractivity contribution in [1.82, 2.24) is 0 Å². The topological polar surface area (TPSA) is 91.8 Å². The van der Waals surface area contributed by atoms with Gasteiger partial charge in [-0.05, 0) is 24.1 Å². The number of rotatable bonds is 5. The molecule has 1 heterocycles. The van der Waals surface area contributed by atoms with Crippen LogP contribution in [-0.2, 0) is 6.42 Å². The van der Waals surface area contributed by atoms with E-state index in [-0.39, 0.29) is 22.8 Å². The van der Waals surface area contributed by atoms with Crippen LogP contribution in [0.5, 0.6) is 17.2 Å². The molecule has 0 aliphatic heterocycles. The van der Waals surface area contributed by atoms with Crippen LogP contribution in [-0.4, -0.2) is 12.0 Å². The number of methoxy groups -OCH3 is 1. The Morgan fingerprint density at radius 2 is 1.96 bits per heavy atom. The van der Waals surface area contributed by atoms with E-state index in [1.54, 1.807) is 12.1 Å². The third-order valence-electron chi connectivity index (χ3n) is 3.83. The number of aryl methyl sites for hydroxylation is 1. The number of nitro groups is 1. The third-order valence-corrected chi connectivity index (χ3v) is 3.83. The lowest BCUT2D eigenvalue weighted by atomic mass is 10.1. The summed E-state index contributed by atoms with van der Waals surface area (Å²) in [4.78, 5) is 21.9. The lowest BCUT2D eigenvalue weighted by molar-refractivity contribution is -0.388. The third kappa shape index (κ3) is 3.21. The molecule has 0 spiro atoms. The van der Waals surface area contributed by atoms with Gasteiger partial charge >= 0.3 is 11.3 Å². The summed E-state index contributed by atoms with van der Waals surface area (Å²) in [6, 6.07) is 8.18. The van der Waals surface area contributed by atoms with Crippen LogP contribution in [0.15, 0.2) is 45.6 Å². The second-order valence-electron chi connectivity index (χ2n) is 5.42. The Hall–Kier alpha value is -3.42. The maximum Gasteiger partial charge on any atom is 0.347 e. The number of fused-ring (bicyclic) bond motifs is 1. The van der Waals surface area contributed by atoms with E-state index in [0.29, 0.717) is 6.42 Å². The fraction of sp³-hybridized carbons (Fsp3) is 0.167. The zero-order chi connectivity index (χ0) is 18.8. The predicted octanol–water partition coefficient (Wildman–Crippen LogP) is 4.20. The highest BCUT2D eigenvalue weighted by Gasteiger charge is 2.24. The molecular weight excluding hydrogens is 345 g/mol. The number of ether oxygens (including phenoxy) is 2. The molecular formula is C18H14FNO6. The van der Waals surface area contributed by atoms with Gasteiger partial charge in [-0.1, -0.05) is 6.92 Å². The molecule has 0 aliphatic carbocycles. The molecule has 3 aromatic rings. The van der Waals surface area contributed by atoms with Crippen molar-refractivity contribution in [2.75, 3.05) is 7.11 Å². The number of nitrogens with zero attached hydrogens (tertiary/aromatic N) is 1. The summed E-state index contributed by atoms with van der Waals surface area (Å²) >= 11 is 0. The van der Waals surface area contributed by atoms with Crippen LogP contribution in [0.2, 0.25) is 0 Å². The van der Waals surface area contributed by atoms with Crippen LogP contribution >= 0.6 is 0 Å². The first-order chi connectivity index (χ1) is 12.4. The van der Waals surface area contributed by atoms with E-state index in [2.05, 4.69) is 0 Å². The summed E-state index contributed by atoms with van der Waals surface area (Å²) in [6.45, 7) is 1.90. The highest BCUT2D eigenvalue weighted by molar-refractivity contribution is 5.81. The van der Waals surface area contributed by atoms with E-state index in [1.807, 2.05) is 6.92 Å². The molecule has 26 heavy (non-hydrogen) atoms. The SMILES string of the molecule is CCc1cc(=O)oc2cc(Oc3cc(OC)cc(F)c3[N+](=O)[O-])ccc12. The lowest BCUT2D eigenvalue weighted by Crippen LogP contribution is -2.00. The molecule has 0 saturated carbocycles. The minimum absolute atomic E-state index is 0.0729. The van der Waals surface area contributed by atoms with Crippen LogP contribution < -0.4 is 15.1 Å². The molecule has 1 aromatic heterocycles. The Kier molecular flexibility index (Phi) is 4.57. The Bertz CT molecular complexity index is 1060. The first-order valence-electron chi connectivity index (χ1n) is 7.69. The number of nitro benzene ring substituents is 1. The Morgan fingerprint density at radius 1 is 1.19 bits per heavy atom. The molecule has 7 nitrogen and oxygen atoms in total. The van der Waals surface area contributed by atoms with Crippen LogP contribution in [0.25, 0.3) is 11.0 Å². The molecule has 0 unspecified atom stereocenters. The van der Waals surface area contributed by atoms with E-state index in [1.165, 1.54) is 25.3 Å². The number of benzene rings is 2. The van der Waals surface area contributed by atoms with Gasteiger partial charge in [0.15, 0.2) is 0 Å².